The third-order valence-corrected chi connectivity index (χ3v) is 7.12. The van der Waals surface area contributed by atoms with Crippen LogP contribution in [0.4, 0.5) is 4.79 Å². The summed E-state index contributed by atoms with van der Waals surface area (Å²) < 4.78 is 0. The molecule has 1 atom stereocenters. The van der Waals surface area contributed by atoms with E-state index in [0.29, 0.717) is 36.3 Å². The molecule has 1 aromatic carbocycles. The van der Waals surface area contributed by atoms with Gasteiger partial charge in [-0.05, 0) is 51.0 Å². The Labute approximate surface area is 184 Å². The van der Waals surface area contributed by atoms with E-state index in [2.05, 4.69) is 24.1 Å². The van der Waals surface area contributed by atoms with Gasteiger partial charge in [-0.25, -0.2) is 4.79 Å². The smallest absolute Gasteiger partial charge is 0.317 e. The van der Waals surface area contributed by atoms with E-state index in [0.717, 1.165) is 25.9 Å². The third-order valence-electron chi connectivity index (χ3n) is 6.87. The van der Waals surface area contributed by atoms with Crippen LogP contribution in [0.1, 0.15) is 56.3 Å². The number of fused-ring (bicyclic) bond motifs is 1. The van der Waals surface area contributed by atoms with Crippen molar-refractivity contribution in [3.05, 3.63) is 34.9 Å². The Morgan fingerprint density at radius 3 is 2.37 bits per heavy atom. The van der Waals surface area contributed by atoms with Crippen LogP contribution in [0.3, 0.4) is 0 Å². The highest BCUT2D eigenvalue weighted by molar-refractivity contribution is 6.30. The summed E-state index contributed by atoms with van der Waals surface area (Å²) in [5, 5.41) is 3.87. The number of carbonyl (C=O) groups excluding carboxylic acids is 2. The lowest BCUT2D eigenvalue weighted by Crippen LogP contribution is -2.71. The fourth-order valence-corrected chi connectivity index (χ4v) is 5.44. The molecule has 30 heavy (non-hydrogen) atoms. The van der Waals surface area contributed by atoms with Crippen molar-refractivity contribution in [2.75, 3.05) is 32.7 Å². The number of urea groups is 1. The summed E-state index contributed by atoms with van der Waals surface area (Å²) >= 11 is 5.98. The van der Waals surface area contributed by atoms with Gasteiger partial charge in [-0.1, -0.05) is 30.9 Å². The molecular weight excluding hydrogens is 400 g/mol. The second kappa shape index (κ2) is 8.75. The van der Waals surface area contributed by atoms with Gasteiger partial charge in [-0.2, -0.15) is 0 Å². The first-order chi connectivity index (χ1) is 14.3. The molecule has 0 aromatic heterocycles. The number of amides is 3. The van der Waals surface area contributed by atoms with E-state index < -0.39 is 0 Å². The number of piperazine rings is 2. The lowest BCUT2D eigenvalue weighted by molar-refractivity contribution is -0.0483. The van der Waals surface area contributed by atoms with Gasteiger partial charge in [-0.3, -0.25) is 9.69 Å². The van der Waals surface area contributed by atoms with Crippen LogP contribution in [-0.2, 0) is 0 Å². The molecule has 2 heterocycles. The van der Waals surface area contributed by atoms with Crippen molar-refractivity contribution in [1.29, 1.82) is 0 Å². The molecule has 164 valence electrons. The minimum atomic E-state index is -0.128. The Balaban J connectivity index is 1.43. The first-order valence-corrected chi connectivity index (χ1v) is 11.6. The fourth-order valence-electron chi connectivity index (χ4n) is 5.31. The summed E-state index contributed by atoms with van der Waals surface area (Å²) in [5.74, 6) is 0.0307. The minimum absolute atomic E-state index is 0.0307. The maximum Gasteiger partial charge on any atom is 0.317 e. The molecule has 3 fully saturated rings. The topological polar surface area (TPSA) is 55.9 Å². The largest absolute Gasteiger partial charge is 0.335 e. The van der Waals surface area contributed by atoms with Crippen molar-refractivity contribution >= 4 is 23.5 Å². The average Bonchev–Trinajstić information content (AvgIpc) is 2.73. The molecule has 0 bridgehead atoms. The van der Waals surface area contributed by atoms with E-state index in [-0.39, 0.29) is 23.5 Å². The van der Waals surface area contributed by atoms with Gasteiger partial charge >= 0.3 is 6.03 Å². The molecule has 6 nitrogen and oxygen atoms in total. The Hall–Kier alpha value is -1.79. The average molecular weight is 433 g/mol. The summed E-state index contributed by atoms with van der Waals surface area (Å²) in [5.41, 5.74) is 0.531. The molecule has 1 unspecified atom stereocenters. The first kappa shape index (κ1) is 21.4. The number of nitrogens with one attached hydrogen (secondary N) is 1. The highest BCUT2D eigenvalue weighted by Gasteiger charge is 2.44. The normalized spacial score (nSPS) is 25.0. The van der Waals surface area contributed by atoms with E-state index in [4.69, 9.17) is 11.6 Å². The van der Waals surface area contributed by atoms with Crippen molar-refractivity contribution < 1.29 is 9.59 Å². The van der Waals surface area contributed by atoms with Gasteiger partial charge in [0.25, 0.3) is 5.91 Å². The highest BCUT2D eigenvalue weighted by atomic mass is 35.5. The zero-order valence-electron chi connectivity index (χ0n) is 18.1. The Kier molecular flexibility index (Phi) is 6.26. The van der Waals surface area contributed by atoms with Crippen molar-refractivity contribution in [3.63, 3.8) is 0 Å². The maximum absolute atomic E-state index is 13.1. The molecule has 1 aromatic rings. The number of hydrogen-bond acceptors (Lipinski definition) is 3. The molecule has 1 saturated carbocycles. The van der Waals surface area contributed by atoms with Crippen LogP contribution >= 0.6 is 11.6 Å². The molecule has 3 aliphatic rings. The minimum Gasteiger partial charge on any atom is -0.335 e. The van der Waals surface area contributed by atoms with Crippen LogP contribution in [0.5, 0.6) is 0 Å². The van der Waals surface area contributed by atoms with E-state index in [1.54, 1.807) is 24.3 Å². The number of rotatable bonds is 2. The summed E-state index contributed by atoms with van der Waals surface area (Å²) in [7, 11) is 0. The third kappa shape index (κ3) is 4.59. The summed E-state index contributed by atoms with van der Waals surface area (Å²) in [4.78, 5) is 32.4. The predicted octanol–water partition coefficient (Wildman–Crippen LogP) is 3.60. The van der Waals surface area contributed by atoms with Crippen molar-refractivity contribution in [2.45, 2.75) is 63.6 Å². The molecule has 0 spiro atoms. The second-order valence-corrected chi connectivity index (χ2v) is 10.0. The number of hydrogen-bond donors (Lipinski definition) is 1. The fraction of sp³-hybridized carbons (Fsp3) is 0.652. The predicted molar refractivity (Wildman–Crippen MR) is 119 cm³/mol. The first-order valence-electron chi connectivity index (χ1n) is 11.2. The van der Waals surface area contributed by atoms with E-state index in [9.17, 15) is 9.59 Å². The molecule has 2 aliphatic heterocycles. The van der Waals surface area contributed by atoms with Gasteiger partial charge in [0.15, 0.2) is 0 Å². The monoisotopic (exact) mass is 432 g/mol. The quantitative estimate of drug-likeness (QED) is 0.776. The number of benzene rings is 1. The lowest BCUT2D eigenvalue weighted by Gasteiger charge is -2.55. The SMILES string of the molecule is CC1(C)CN(C(=O)c2ccc(Cl)cc2)CC2CN(C(=O)NC3CCCCC3)CCN21. The van der Waals surface area contributed by atoms with Gasteiger partial charge in [0, 0.05) is 60.9 Å². The van der Waals surface area contributed by atoms with E-state index in [1.165, 1.54) is 19.3 Å². The van der Waals surface area contributed by atoms with Crippen LogP contribution in [0.25, 0.3) is 0 Å². The summed E-state index contributed by atoms with van der Waals surface area (Å²) in [6, 6.07) is 7.61. The summed E-state index contributed by atoms with van der Waals surface area (Å²) in [6.07, 6.45) is 5.87. The van der Waals surface area contributed by atoms with Gasteiger partial charge in [0.2, 0.25) is 0 Å². The highest BCUT2D eigenvalue weighted by Crippen LogP contribution is 2.29. The molecule has 1 aliphatic carbocycles. The molecular formula is C23H33ClN4O2. The van der Waals surface area contributed by atoms with Gasteiger partial charge in [-0.15, -0.1) is 0 Å². The molecule has 3 amide bonds. The number of halogens is 1. The van der Waals surface area contributed by atoms with Gasteiger partial charge in [0.1, 0.15) is 0 Å². The van der Waals surface area contributed by atoms with Gasteiger partial charge < -0.3 is 15.1 Å². The molecule has 7 heteroatoms. The zero-order chi connectivity index (χ0) is 21.3. The van der Waals surface area contributed by atoms with Crippen LogP contribution in [0.15, 0.2) is 24.3 Å². The number of nitrogens with zero attached hydrogens (tertiary/aromatic N) is 3. The zero-order valence-corrected chi connectivity index (χ0v) is 18.8. The Morgan fingerprint density at radius 1 is 1.00 bits per heavy atom. The van der Waals surface area contributed by atoms with Crippen molar-refractivity contribution in [3.8, 4) is 0 Å². The van der Waals surface area contributed by atoms with Crippen LogP contribution < -0.4 is 5.32 Å². The van der Waals surface area contributed by atoms with Gasteiger partial charge in [0.05, 0.1) is 0 Å². The van der Waals surface area contributed by atoms with Crippen LogP contribution in [0, 0.1) is 0 Å². The molecule has 4 rings (SSSR count). The molecule has 1 N–H and O–H groups in total. The number of carbonyl (C=O) groups is 2. The second-order valence-electron chi connectivity index (χ2n) is 9.58. The van der Waals surface area contributed by atoms with Crippen molar-refractivity contribution in [1.82, 2.24) is 20.0 Å². The Morgan fingerprint density at radius 2 is 1.67 bits per heavy atom. The van der Waals surface area contributed by atoms with Crippen LogP contribution in [0.2, 0.25) is 5.02 Å². The molecule has 0 radical (unpaired) electrons. The Bertz CT molecular complexity index is 776. The van der Waals surface area contributed by atoms with E-state index >= 15 is 0 Å². The van der Waals surface area contributed by atoms with Crippen molar-refractivity contribution in [2.24, 2.45) is 0 Å². The lowest BCUT2D eigenvalue weighted by atomic mass is 9.92. The summed E-state index contributed by atoms with van der Waals surface area (Å²) in [6.45, 7) is 7.95. The maximum atomic E-state index is 13.1. The van der Waals surface area contributed by atoms with Crippen LogP contribution in [-0.4, -0.2) is 77.0 Å². The standard InChI is InChI=1S/C23H33ClN4O2/c1-23(2)16-27(21(29)17-8-10-18(24)11-9-17)15-20-14-26(12-13-28(20)23)22(30)25-19-6-4-3-5-7-19/h8-11,19-20H,3-7,12-16H2,1-2H3,(H,25,30). The molecule has 2 saturated heterocycles. The van der Waals surface area contributed by atoms with E-state index in [1.807, 2.05) is 9.80 Å².